The molecule has 0 spiro atoms. The number of nitrogens with zero attached hydrogens (tertiary/aromatic N) is 3. The molecule has 25 heavy (non-hydrogen) atoms. The zero-order valence-corrected chi connectivity index (χ0v) is 15.0. The normalized spacial score (nSPS) is 10.6. The molecule has 0 aliphatic carbocycles. The van der Waals surface area contributed by atoms with E-state index in [-0.39, 0.29) is 5.91 Å². The molecule has 3 aromatic rings. The second-order valence-corrected chi connectivity index (χ2v) is 6.18. The highest BCUT2D eigenvalue weighted by Crippen LogP contribution is 2.21. The lowest BCUT2D eigenvalue weighted by atomic mass is 10.1. The van der Waals surface area contributed by atoms with Crippen molar-refractivity contribution < 1.29 is 9.32 Å². The minimum atomic E-state index is 0.0117. The first-order valence-corrected chi connectivity index (χ1v) is 9.14. The fourth-order valence-electron chi connectivity index (χ4n) is 2.51. The van der Waals surface area contributed by atoms with Gasteiger partial charge in [0.05, 0.1) is 12.1 Å². The van der Waals surface area contributed by atoms with Gasteiger partial charge in [0.2, 0.25) is 11.7 Å². The van der Waals surface area contributed by atoms with Crippen molar-refractivity contribution in [2.24, 2.45) is 0 Å². The lowest BCUT2D eigenvalue weighted by Gasteiger charge is -2.20. The van der Waals surface area contributed by atoms with Crippen LogP contribution in [0.25, 0.3) is 11.4 Å². The van der Waals surface area contributed by atoms with Gasteiger partial charge in [-0.25, -0.2) is 0 Å². The van der Waals surface area contributed by atoms with Crippen LogP contribution in [0.1, 0.15) is 30.1 Å². The summed E-state index contributed by atoms with van der Waals surface area (Å²) < 4.78 is 5.29. The average molecular weight is 356 g/mol. The van der Waals surface area contributed by atoms with Crippen molar-refractivity contribution in [1.82, 2.24) is 15.0 Å². The van der Waals surface area contributed by atoms with Gasteiger partial charge in [-0.2, -0.15) is 16.3 Å². The molecule has 2 heterocycles. The lowest BCUT2D eigenvalue weighted by molar-refractivity contribution is 0.0774. The smallest absolute Gasteiger partial charge is 0.255 e. The van der Waals surface area contributed by atoms with Crippen molar-refractivity contribution in [3.63, 3.8) is 0 Å². The van der Waals surface area contributed by atoms with Crippen LogP contribution in [0.2, 0.25) is 0 Å². The highest BCUT2D eigenvalue weighted by atomic mass is 32.1. The van der Waals surface area contributed by atoms with E-state index in [9.17, 15) is 4.79 Å². The van der Waals surface area contributed by atoms with Gasteiger partial charge < -0.3 is 14.7 Å². The minimum absolute atomic E-state index is 0.0117. The zero-order valence-electron chi connectivity index (χ0n) is 14.2. The van der Waals surface area contributed by atoms with Gasteiger partial charge >= 0.3 is 0 Å². The standard InChI is InChI=1S/C18H20N4O2S/c1-3-22(4-2)18(23)14-7-5-6-8-15(14)19-11-16-20-17(21-24-16)13-9-10-25-12-13/h5-10,12,19H,3-4,11H2,1-2H3. The monoisotopic (exact) mass is 356 g/mol. The number of nitrogens with one attached hydrogen (secondary N) is 1. The quantitative estimate of drug-likeness (QED) is 0.695. The van der Waals surface area contributed by atoms with E-state index in [0.717, 1.165) is 11.3 Å². The number of hydrogen-bond donors (Lipinski definition) is 1. The Balaban J connectivity index is 1.73. The molecule has 0 bridgehead atoms. The summed E-state index contributed by atoms with van der Waals surface area (Å²) in [6.07, 6.45) is 0. The number of benzene rings is 1. The highest BCUT2D eigenvalue weighted by molar-refractivity contribution is 7.08. The number of para-hydroxylation sites is 1. The Morgan fingerprint density at radius 3 is 2.76 bits per heavy atom. The second-order valence-electron chi connectivity index (χ2n) is 5.40. The predicted molar refractivity (Wildman–Crippen MR) is 98.6 cm³/mol. The molecule has 0 unspecified atom stereocenters. The van der Waals surface area contributed by atoms with Gasteiger partial charge in [0.1, 0.15) is 0 Å². The molecule has 1 amide bonds. The van der Waals surface area contributed by atoms with Crippen LogP contribution < -0.4 is 5.32 Å². The molecule has 0 fully saturated rings. The summed E-state index contributed by atoms with van der Waals surface area (Å²) in [7, 11) is 0. The fraction of sp³-hybridized carbons (Fsp3) is 0.278. The van der Waals surface area contributed by atoms with E-state index in [4.69, 9.17) is 4.52 Å². The predicted octanol–water partition coefficient (Wildman–Crippen LogP) is 3.89. The summed E-state index contributed by atoms with van der Waals surface area (Å²) in [5.41, 5.74) is 2.34. The van der Waals surface area contributed by atoms with Crippen LogP contribution in [0.15, 0.2) is 45.6 Å². The maximum absolute atomic E-state index is 12.6. The molecule has 2 aromatic heterocycles. The van der Waals surface area contributed by atoms with E-state index in [1.54, 1.807) is 16.2 Å². The van der Waals surface area contributed by atoms with Crippen LogP contribution in [0.4, 0.5) is 5.69 Å². The molecule has 0 atom stereocenters. The number of carbonyl (C=O) groups is 1. The molecule has 3 rings (SSSR count). The molecule has 0 saturated heterocycles. The van der Waals surface area contributed by atoms with E-state index in [0.29, 0.717) is 36.9 Å². The van der Waals surface area contributed by atoms with Gasteiger partial charge in [-0.05, 0) is 37.4 Å². The Bertz CT molecular complexity index is 825. The summed E-state index contributed by atoms with van der Waals surface area (Å²) in [4.78, 5) is 18.8. The molecule has 1 N–H and O–H groups in total. The third-order valence-corrected chi connectivity index (χ3v) is 4.57. The lowest BCUT2D eigenvalue weighted by Crippen LogP contribution is -2.31. The number of aromatic nitrogens is 2. The van der Waals surface area contributed by atoms with E-state index in [2.05, 4.69) is 15.5 Å². The Hall–Kier alpha value is -2.67. The number of rotatable bonds is 7. The van der Waals surface area contributed by atoms with Crippen LogP contribution in [-0.2, 0) is 6.54 Å². The van der Waals surface area contributed by atoms with Crippen LogP contribution in [0.5, 0.6) is 0 Å². The molecule has 0 aliphatic rings. The maximum atomic E-state index is 12.6. The van der Waals surface area contributed by atoms with E-state index in [1.165, 1.54) is 0 Å². The molecule has 0 radical (unpaired) electrons. The Morgan fingerprint density at radius 1 is 1.24 bits per heavy atom. The summed E-state index contributed by atoms with van der Waals surface area (Å²) >= 11 is 1.59. The van der Waals surface area contributed by atoms with Crippen LogP contribution >= 0.6 is 11.3 Å². The van der Waals surface area contributed by atoms with E-state index >= 15 is 0 Å². The van der Waals surface area contributed by atoms with E-state index in [1.807, 2.05) is 54.9 Å². The fourth-order valence-corrected chi connectivity index (χ4v) is 3.15. The number of thiophene rings is 1. The second kappa shape index (κ2) is 7.94. The van der Waals surface area contributed by atoms with Gasteiger partial charge in [-0.1, -0.05) is 17.3 Å². The molecule has 0 saturated carbocycles. The SMILES string of the molecule is CCN(CC)C(=O)c1ccccc1NCc1nc(-c2ccsc2)no1. The van der Waals surface area contributed by atoms with Gasteiger partial charge in [0.15, 0.2) is 0 Å². The van der Waals surface area contributed by atoms with Gasteiger partial charge in [0.25, 0.3) is 5.91 Å². The van der Waals surface area contributed by atoms with Crippen molar-refractivity contribution in [3.05, 3.63) is 52.5 Å². The van der Waals surface area contributed by atoms with Crippen molar-refractivity contribution >= 4 is 22.9 Å². The van der Waals surface area contributed by atoms with E-state index < -0.39 is 0 Å². The topological polar surface area (TPSA) is 71.3 Å². The summed E-state index contributed by atoms with van der Waals surface area (Å²) in [5.74, 6) is 1.06. The van der Waals surface area contributed by atoms with Gasteiger partial charge in [-0.15, -0.1) is 0 Å². The maximum Gasteiger partial charge on any atom is 0.255 e. The summed E-state index contributed by atoms with van der Waals surface area (Å²) in [6, 6.07) is 9.42. The summed E-state index contributed by atoms with van der Waals surface area (Å²) in [6.45, 7) is 5.66. The Labute approximate surface area is 150 Å². The minimum Gasteiger partial charge on any atom is -0.375 e. The molecule has 130 valence electrons. The number of anilines is 1. The average Bonchev–Trinajstić information content (AvgIpc) is 3.32. The first kappa shape index (κ1) is 17.2. The zero-order chi connectivity index (χ0) is 17.6. The van der Waals surface area contributed by atoms with Crippen molar-refractivity contribution in [2.45, 2.75) is 20.4 Å². The number of carbonyl (C=O) groups excluding carboxylic acids is 1. The molecule has 7 heteroatoms. The summed E-state index contributed by atoms with van der Waals surface area (Å²) in [5, 5.41) is 11.2. The third-order valence-electron chi connectivity index (χ3n) is 3.89. The third kappa shape index (κ3) is 3.88. The molecule has 0 aliphatic heterocycles. The van der Waals surface area contributed by atoms with Crippen LogP contribution in [0.3, 0.4) is 0 Å². The largest absolute Gasteiger partial charge is 0.375 e. The molecular weight excluding hydrogens is 336 g/mol. The number of amides is 1. The van der Waals surface area contributed by atoms with Gasteiger partial charge in [-0.3, -0.25) is 4.79 Å². The molecule has 1 aromatic carbocycles. The molecular formula is C18H20N4O2S. The van der Waals surface area contributed by atoms with Crippen molar-refractivity contribution in [2.75, 3.05) is 18.4 Å². The van der Waals surface area contributed by atoms with Crippen molar-refractivity contribution in [1.29, 1.82) is 0 Å². The van der Waals surface area contributed by atoms with Crippen molar-refractivity contribution in [3.8, 4) is 11.4 Å². The van der Waals surface area contributed by atoms with Crippen LogP contribution in [0, 0.1) is 0 Å². The molecule has 6 nitrogen and oxygen atoms in total. The Morgan fingerprint density at radius 2 is 2.04 bits per heavy atom. The first-order chi connectivity index (χ1) is 12.2. The van der Waals surface area contributed by atoms with Crippen LogP contribution in [-0.4, -0.2) is 34.0 Å². The van der Waals surface area contributed by atoms with Gasteiger partial charge in [0, 0.05) is 29.7 Å². The number of hydrogen-bond acceptors (Lipinski definition) is 6. The highest BCUT2D eigenvalue weighted by Gasteiger charge is 2.16. The first-order valence-electron chi connectivity index (χ1n) is 8.20. The Kier molecular flexibility index (Phi) is 5.45.